The zero-order valence-electron chi connectivity index (χ0n) is 20.2. The van der Waals surface area contributed by atoms with E-state index in [0.717, 1.165) is 49.3 Å². The minimum absolute atomic E-state index is 0.0328. The molecular formula is C26H25F6N5O. The Bertz CT molecular complexity index is 1280. The Kier molecular flexibility index (Phi) is 6.95. The predicted molar refractivity (Wildman–Crippen MR) is 129 cm³/mol. The summed E-state index contributed by atoms with van der Waals surface area (Å²) in [5, 5.41) is 3.28. The summed E-state index contributed by atoms with van der Waals surface area (Å²) in [7, 11) is 0. The number of urea groups is 1. The molecule has 0 bridgehead atoms. The van der Waals surface area contributed by atoms with Crippen LogP contribution in [0, 0.1) is 0 Å². The zero-order chi connectivity index (χ0) is 27.1. The third-order valence-electron chi connectivity index (χ3n) is 6.95. The monoisotopic (exact) mass is 537 g/mol. The number of rotatable bonds is 4. The molecule has 0 unspecified atom stereocenters. The summed E-state index contributed by atoms with van der Waals surface area (Å²) < 4.78 is 78.5. The summed E-state index contributed by atoms with van der Waals surface area (Å²) in [6.07, 6.45) is -9.95. The average molecular weight is 538 g/mol. The fourth-order valence-corrected chi connectivity index (χ4v) is 4.79. The van der Waals surface area contributed by atoms with Gasteiger partial charge in [-0.3, -0.25) is 14.8 Å². The molecule has 0 saturated carbocycles. The average Bonchev–Trinajstić information content (AvgIpc) is 2.83. The highest BCUT2D eigenvalue weighted by atomic mass is 19.4. The number of hydrogen-bond donors (Lipinski definition) is 1. The number of amides is 2. The standard InChI is InChI=1S/C26H25F6N5O/c27-25(28,29)18-11-19(26(30,31)32)13-21(12-18)34-24(38)37-15-22(16-37)36-9-7-35(8-10-36)14-20-6-5-17-3-1-2-4-23(17)33-20/h1-6,11-13,22H,7-10,14-16H2,(H,34,38). The number of halogens is 6. The first kappa shape index (κ1) is 26.2. The highest BCUT2D eigenvalue weighted by Gasteiger charge is 2.39. The van der Waals surface area contributed by atoms with Crippen molar-refractivity contribution in [1.29, 1.82) is 0 Å². The van der Waals surface area contributed by atoms with Gasteiger partial charge in [0, 0.05) is 62.9 Å². The highest BCUT2D eigenvalue weighted by Crippen LogP contribution is 2.37. The minimum Gasteiger partial charge on any atom is -0.321 e. The Morgan fingerprint density at radius 2 is 1.50 bits per heavy atom. The first-order valence-corrected chi connectivity index (χ1v) is 12.1. The first-order chi connectivity index (χ1) is 18.0. The Balaban J connectivity index is 1.12. The van der Waals surface area contributed by atoms with Crippen molar-refractivity contribution >= 4 is 22.6 Å². The molecule has 3 heterocycles. The van der Waals surface area contributed by atoms with E-state index < -0.39 is 35.2 Å². The maximum Gasteiger partial charge on any atom is 0.416 e. The van der Waals surface area contributed by atoms with Gasteiger partial charge in [0.05, 0.1) is 22.3 Å². The molecule has 6 nitrogen and oxygen atoms in total. The molecule has 2 saturated heterocycles. The second-order valence-electron chi connectivity index (χ2n) is 9.59. The molecule has 2 aliphatic heterocycles. The number of para-hydroxylation sites is 1. The number of likely N-dealkylation sites (tertiary alicyclic amines) is 1. The first-order valence-electron chi connectivity index (χ1n) is 12.1. The molecule has 38 heavy (non-hydrogen) atoms. The van der Waals surface area contributed by atoms with Crippen molar-refractivity contribution in [3.63, 3.8) is 0 Å². The Labute approximate surface area is 214 Å². The van der Waals surface area contributed by atoms with Crippen molar-refractivity contribution in [3.05, 3.63) is 71.4 Å². The zero-order valence-corrected chi connectivity index (χ0v) is 20.2. The topological polar surface area (TPSA) is 51.7 Å². The Hall–Kier alpha value is -3.38. The predicted octanol–water partition coefficient (Wildman–Crippen LogP) is 5.31. The number of aromatic nitrogens is 1. The fourth-order valence-electron chi connectivity index (χ4n) is 4.79. The molecule has 2 amide bonds. The van der Waals surface area contributed by atoms with Crippen LogP contribution in [0.2, 0.25) is 0 Å². The molecule has 2 fully saturated rings. The number of nitrogens with one attached hydrogen (secondary N) is 1. The smallest absolute Gasteiger partial charge is 0.321 e. The van der Waals surface area contributed by atoms with Gasteiger partial charge in [-0.2, -0.15) is 26.3 Å². The van der Waals surface area contributed by atoms with Crippen molar-refractivity contribution in [2.75, 3.05) is 44.6 Å². The lowest BCUT2D eigenvalue weighted by Crippen LogP contribution is -2.64. The van der Waals surface area contributed by atoms with Gasteiger partial charge in [0.2, 0.25) is 0 Å². The lowest BCUT2D eigenvalue weighted by atomic mass is 10.1. The molecule has 1 aromatic heterocycles. The normalized spacial score (nSPS) is 18.0. The summed E-state index contributed by atoms with van der Waals surface area (Å²) >= 11 is 0. The van der Waals surface area contributed by atoms with Crippen molar-refractivity contribution in [2.24, 2.45) is 0 Å². The van der Waals surface area contributed by atoms with Crippen molar-refractivity contribution in [3.8, 4) is 0 Å². The van der Waals surface area contributed by atoms with Crippen molar-refractivity contribution in [1.82, 2.24) is 19.7 Å². The quantitative estimate of drug-likeness (QED) is 0.459. The summed E-state index contributed by atoms with van der Waals surface area (Å²) in [5.74, 6) is 0. The second-order valence-corrected chi connectivity index (χ2v) is 9.59. The Morgan fingerprint density at radius 1 is 0.868 bits per heavy atom. The van der Waals surface area contributed by atoms with Crippen LogP contribution in [0.1, 0.15) is 16.8 Å². The number of pyridine rings is 1. The molecule has 0 atom stereocenters. The van der Waals surface area contributed by atoms with E-state index in [1.165, 1.54) is 4.90 Å². The number of carbonyl (C=O) groups is 1. The van der Waals surface area contributed by atoms with Gasteiger partial charge in [0.15, 0.2) is 0 Å². The minimum atomic E-state index is -4.98. The van der Waals surface area contributed by atoms with E-state index in [1.54, 1.807) is 0 Å². The molecule has 1 N–H and O–H groups in total. The molecule has 202 valence electrons. The van der Waals surface area contributed by atoms with E-state index in [-0.39, 0.29) is 12.1 Å². The summed E-state index contributed by atoms with van der Waals surface area (Å²) in [4.78, 5) is 23.2. The molecule has 0 aliphatic carbocycles. The highest BCUT2D eigenvalue weighted by molar-refractivity contribution is 5.90. The van der Waals surface area contributed by atoms with E-state index in [9.17, 15) is 31.1 Å². The van der Waals surface area contributed by atoms with E-state index in [1.807, 2.05) is 30.3 Å². The van der Waals surface area contributed by atoms with Crippen molar-refractivity contribution < 1.29 is 31.1 Å². The van der Waals surface area contributed by atoms with Crippen LogP contribution >= 0.6 is 0 Å². The van der Waals surface area contributed by atoms with Crippen molar-refractivity contribution in [2.45, 2.75) is 24.9 Å². The maximum absolute atomic E-state index is 13.1. The van der Waals surface area contributed by atoms with Crippen LogP contribution in [-0.2, 0) is 18.9 Å². The molecule has 0 radical (unpaired) electrons. The largest absolute Gasteiger partial charge is 0.416 e. The van der Waals surface area contributed by atoms with Gasteiger partial charge in [-0.1, -0.05) is 24.3 Å². The molecule has 2 aliphatic rings. The number of hydrogen-bond acceptors (Lipinski definition) is 4. The molecule has 5 rings (SSSR count). The third kappa shape index (κ3) is 5.86. The molecule has 12 heteroatoms. The van der Waals surface area contributed by atoms with Gasteiger partial charge in [-0.15, -0.1) is 0 Å². The molecule has 2 aromatic carbocycles. The SMILES string of the molecule is O=C(Nc1cc(C(F)(F)F)cc(C(F)(F)F)c1)N1CC(N2CCN(Cc3ccc4ccccc4n3)CC2)C1. The number of benzene rings is 2. The summed E-state index contributed by atoms with van der Waals surface area (Å²) in [6.45, 7) is 4.65. The third-order valence-corrected chi connectivity index (χ3v) is 6.95. The van der Waals surface area contributed by atoms with Gasteiger partial charge < -0.3 is 10.2 Å². The Morgan fingerprint density at radius 3 is 2.13 bits per heavy atom. The van der Waals surface area contributed by atoms with Gasteiger partial charge in [0.25, 0.3) is 0 Å². The van der Waals surface area contributed by atoms with Crippen LogP contribution < -0.4 is 5.32 Å². The van der Waals surface area contributed by atoms with Gasteiger partial charge in [-0.05, 0) is 30.3 Å². The number of carbonyl (C=O) groups excluding carboxylic acids is 1. The lowest BCUT2D eigenvalue weighted by molar-refractivity contribution is -0.143. The number of anilines is 1. The van der Waals surface area contributed by atoms with E-state index in [2.05, 4.69) is 21.2 Å². The van der Waals surface area contributed by atoms with E-state index in [4.69, 9.17) is 4.98 Å². The van der Waals surface area contributed by atoms with Crippen LogP contribution in [0.3, 0.4) is 0 Å². The number of piperazine rings is 1. The van der Waals surface area contributed by atoms with Gasteiger partial charge >= 0.3 is 18.4 Å². The number of fused-ring (bicyclic) bond motifs is 1. The van der Waals surface area contributed by atoms with Crippen LogP contribution in [0.4, 0.5) is 36.8 Å². The van der Waals surface area contributed by atoms with Crippen LogP contribution in [0.5, 0.6) is 0 Å². The van der Waals surface area contributed by atoms with E-state index >= 15 is 0 Å². The van der Waals surface area contributed by atoms with Crippen LogP contribution in [0.15, 0.2) is 54.6 Å². The van der Waals surface area contributed by atoms with E-state index in [0.29, 0.717) is 25.2 Å². The summed E-state index contributed by atoms with van der Waals surface area (Å²) in [5.41, 5.74) is -1.54. The summed E-state index contributed by atoms with van der Waals surface area (Å²) in [6, 6.07) is 12.4. The van der Waals surface area contributed by atoms with Crippen LogP contribution in [0.25, 0.3) is 10.9 Å². The number of alkyl halides is 6. The van der Waals surface area contributed by atoms with Crippen LogP contribution in [-0.4, -0.2) is 71.0 Å². The lowest BCUT2D eigenvalue weighted by Gasteiger charge is -2.48. The molecule has 3 aromatic rings. The maximum atomic E-state index is 13.1. The second kappa shape index (κ2) is 10.1. The molecular weight excluding hydrogens is 512 g/mol. The van der Waals surface area contributed by atoms with Gasteiger partial charge in [0.1, 0.15) is 0 Å². The number of nitrogens with zero attached hydrogens (tertiary/aromatic N) is 4. The molecule has 0 spiro atoms. The van der Waals surface area contributed by atoms with Gasteiger partial charge in [-0.25, -0.2) is 4.79 Å². The fraction of sp³-hybridized carbons (Fsp3) is 0.385.